The molecule has 2 aromatic rings. The van der Waals surface area contributed by atoms with Gasteiger partial charge in [0.2, 0.25) is 0 Å². The predicted molar refractivity (Wildman–Crippen MR) is 71.3 cm³/mol. The number of hydrogen-bond donors (Lipinski definition) is 2. The van der Waals surface area contributed by atoms with Crippen LogP contribution in [0.4, 0.5) is 4.39 Å². The molecule has 0 saturated heterocycles. The maximum Gasteiger partial charge on any atom is 0.123 e. The van der Waals surface area contributed by atoms with Crippen molar-refractivity contribution in [1.29, 1.82) is 0 Å². The highest BCUT2D eigenvalue weighted by Crippen LogP contribution is 2.06. The largest absolute Gasteiger partial charge is 0.253 e. The Balaban J connectivity index is 1.78. The number of rotatable bonds is 5. The second kappa shape index (κ2) is 6.28. The first-order valence-electron chi connectivity index (χ1n) is 6.00. The lowest BCUT2D eigenvalue weighted by molar-refractivity contribution is 0.526. The quantitative estimate of drug-likeness (QED) is 0.624. The Morgan fingerprint density at radius 1 is 0.944 bits per heavy atom. The van der Waals surface area contributed by atoms with E-state index in [4.69, 9.17) is 0 Å². The Labute approximate surface area is 107 Å². The first-order valence-corrected chi connectivity index (χ1v) is 6.00. The van der Waals surface area contributed by atoms with Crippen molar-refractivity contribution in [2.45, 2.75) is 20.0 Å². The van der Waals surface area contributed by atoms with Crippen LogP contribution >= 0.6 is 0 Å². The molecule has 0 atom stereocenters. The highest BCUT2D eigenvalue weighted by molar-refractivity contribution is 5.25. The van der Waals surface area contributed by atoms with Gasteiger partial charge in [-0.2, -0.15) is 0 Å². The second-order valence-electron chi connectivity index (χ2n) is 4.26. The Morgan fingerprint density at radius 2 is 1.72 bits per heavy atom. The molecule has 0 aromatic heterocycles. The van der Waals surface area contributed by atoms with Gasteiger partial charge in [0.25, 0.3) is 0 Å². The van der Waals surface area contributed by atoms with Crippen LogP contribution in [0.15, 0.2) is 48.5 Å². The van der Waals surface area contributed by atoms with Gasteiger partial charge in [-0.15, -0.1) is 0 Å². The molecule has 0 radical (unpaired) electrons. The Kier molecular flexibility index (Phi) is 4.45. The molecule has 2 N–H and O–H groups in total. The highest BCUT2D eigenvalue weighted by Gasteiger charge is 1.97. The predicted octanol–water partition coefficient (Wildman–Crippen LogP) is 2.93. The van der Waals surface area contributed by atoms with Crippen LogP contribution in [0, 0.1) is 12.7 Å². The molecule has 0 aliphatic rings. The fourth-order valence-corrected chi connectivity index (χ4v) is 1.78. The summed E-state index contributed by atoms with van der Waals surface area (Å²) in [7, 11) is 0. The van der Waals surface area contributed by atoms with Crippen molar-refractivity contribution in [2.75, 3.05) is 0 Å². The van der Waals surface area contributed by atoms with Crippen LogP contribution in [0.1, 0.15) is 16.7 Å². The summed E-state index contributed by atoms with van der Waals surface area (Å²) in [4.78, 5) is 0. The number of benzene rings is 2. The van der Waals surface area contributed by atoms with Crippen molar-refractivity contribution in [3.8, 4) is 0 Å². The summed E-state index contributed by atoms with van der Waals surface area (Å²) in [6.45, 7) is 3.44. The smallest absolute Gasteiger partial charge is 0.123 e. The lowest BCUT2D eigenvalue weighted by Gasteiger charge is -2.09. The van der Waals surface area contributed by atoms with Gasteiger partial charge in [0, 0.05) is 13.1 Å². The summed E-state index contributed by atoms with van der Waals surface area (Å²) in [5.74, 6) is -0.201. The lowest BCUT2D eigenvalue weighted by atomic mass is 10.1. The van der Waals surface area contributed by atoms with E-state index in [0.717, 1.165) is 12.1 Å². The van der Waals surface area contributed by atoms with Gasteiger partial charge < -0.3 is 0 Å². The van der Waals surface area contributed by atoms with Crippen molar-refractivity contribution in [2.24, 2.45) is 0 Å². The molecule has 18 heavy (non-hydrogen) atoms. The van der Waals surface area contributed by atoms with E-state index in [2.05, 4.69) is 29.9 Å². The van der Waals surface area contributed by atoms with Gasteiger partial charge in [0.15, 0.2) is 0 Å². The molecule has 3 heteroatoms. The van der Waals surface area contributed by atoms with Crippen molar-refractivity contribution in [3.05, 3.63) is 71.0 Å². The van der Waals surface area contributed by atoms with E-state index in [-0.39, 0.29) is 5.82 Å². The zero-order chi connectivity index (χ0) is 12.8. The Bertz CT molecular complexity index is 511. The first-order chi connectivity index (χ1) is 8.75. The molecule has 94 valence electrons. The third-order valence-electron chi connectivity index (χ3n) is 2.85. The van der Waals surface area contributed by atoms with Gasteiger partial charge in [-0.05, 0) is 35.7 Å². The summed E-state index contributed by atoms with van der Waals surface area (Å²) >= 11 is 0. The molecule has 0 aliphatic heterocycles. The van der Waals surface area contributed by atoms with Crippen LogP contribution in [-0.2, 0) is 13.1 Å². The summed E-state index contributed by atoms with van der Waals surface area (Å²) in [5.41, 5.74) is 9.66. The first kappa shape index (κ1) is 12.7. The lowest BCUT2D eigenvalue weighted by Crippen LogP contribution is -2.30. The highest BCUT2D eigenvalue weighted by atomic mass is 19.1. The maximum atomic E-state index is 12.9. The van der Waals surface area contributed by atoms with Crippen LogP contribution in [0.25, 0.3) is 0 Å². The molecule has 0 aliphatic carbocycles. The average molecular weight is 244 g/mol. The molecule has 0 unspecified atom stereocenters. The van der Waals surface area contributed by atoms with Gasteiger partial charge in [-0.25, -0.2) is 4.39 Å². The van der Waals surface area contributed by atoms with Crippen LogP contribution < -0.4 is 10.9 Å². The molecule has 2 rings (SSSR count). The molecule has 0 spiro atoms. The van der Waals surface area contributed by atoms with Crippen molar-refractivity contribution < 1.29 is 4.39 Å². The van der Waals surface area contributed by atoms with E-state index in [1.807, 2.05) is 18.2 Å². The molecular formula is C15H17FN2. The standard InChI is InChI=1S/C15H17FN2/c1-12-5-2-3-7-14(12)11-18-17-10-13-6-4-8-15(16)9-13/h2-9,17-18H,10-11H2,1H3. The maximum absolute atomic E-state index is 12.9. The summed E-state index contributed by atoms with van der Waals surface area (Å²) < 4.78 is 12.9. The topological polar surface area (TPSA) is 24.1 Å². The molecule has 0 bridgehead atoms. The van der Waals surface area contributed by atoms with E-state index >= 15 is 0 Å². The normalized spacial score (nSPS) is 10.6. The van der Waals surface area contributed by atoms with E-state index in [9.17, 15) is 4.39 Å². The number of hydrogen-bond acceptors (Lipinski definition) is 2. The number of aryl methyl sites for hydroxylation is 1. The van der Waals surface area contributed by atoms with Gasteiger partial charge in [-0.3, -0.25) is 10.9 Å². The van der Waals surface area contributed by atoms with Crippen LogP contribution in [0.2, 0.25) is 0 Å². The molecule has 2 nitrogen and oxygen atoms in total. The number of halogens is 1. The third kappa shape index (κ3) is 3.65. The minimum atomic E-state index is -0.201. The van der Waals surface area contributed by atoms with E-state index in [1.165, 1.54) is 23.3 Å². The minimum absolute atomic E-state index is 0.201. The summed E-state index contributed by atoms with van der Waals surface area (Å²) in [5, 5.41) is 0. The molecule has 0 fully saturated rings. The van der Waals surface area contributed by atoms with E-state index < -0.39 is 0 Å². The Morgan fingerprint density at radius 3 is 2.50 bits per heavy atom. The molecule has 0 amide bonds. The van der Waals surface area contributed by atoms with Gasteiger partial charge in [-0.1, -0.05) is 36.4 Å². The molecule has 2 aromatic carbocycles. The molecule has 0 heterocycles. The third-order valence-corrected chi connectivity index (χ3v) is 2.85. The number of hydrazine groups is 1. The summed E-state index contributed by atoms with van der Waals surface area (Å²) in [6, 6.07) is 14.8. The monoisotopic (exact) mass is 244 g/mol. The zero-order valence-corrected chi connectivity index (χ0v) is 10.4. The van der Waals surface area contributed by atoms with Crippen LogP contribution in [0.5, 0.6) is 0 Å². The van der Waals surface area contributed by atoms with Crippen LogP contribution in [0.3, 0.4) is 0 Å². The summed E-state index contributed by atoms with van der Waals surface area (Å²) in [6.07, 6.45) is 0. The fourth-order valence-electron chi connectivity index (χ4n) is 1.78. The van der Waals surface area contributed by atoms with Crippen molar-refractivity contribution >= 4 is 0 Å². The number of nitrogens with one attached hydrogen (secondary N) is 2. The van der Waals surface area contributed by atoms with Crippen molar-refractivity contribution in [3.63, 3.8) is 0 Å². The van der Waals surface area contributed by atoms with E-state index in [1.54, 1.807) is 6.07 Å². The Hall–Kier alpha value is -1.71. The van der Waals surface area contributed by atoms with Gasteiger partial charge in [0.1, 0.15) is 5.82 Å². The zero-order valence-electron chi connectivity index (χ0n) is 10.4. The van der Waals surface area contributed by atoms with E-state index in [0.29, 0.717) is 6.54 Å². The van der Waals surface area contributed by atoms with Crippen molar-refractivity contribution in [1.82, 2.24) is 10.9 Å². The van der Waals surface area contributed by atoms with Gasteiger partial charge >= 0.3 is 0 Å². The fraction of sp³-hybridized carbons (Fsp3) is 0.200. The molecular weight excluding hydrogens is 227 g/mol. The average Bonchev–Trinajstić information content (AvgIpc) is 2.37. The van der Waals surface area contributed by atoms with Gasteiger partial charge in [0.05, 0.1) is 0 Å². The minimum Gasteiger partial charge on any atom is -0.253 e. The SMILES string of the molecule is Cc1ccccc1CNNCc1cccc(F)c1. The molecule has 0 saturated carbocycles. The second-order valence-corrected chi connectivity index (χ2v) is 4.26. The van der Waals surface area contributed by atoms with Crippen LogP contribution in [-0.4, -0.2) is 0 Å².